The number of aromatic nitrogens is 2. The summed E-state index contributed by atoms with van der Waals surface area (Å²) in [6.07, 6.45) is 4.95. The van der Waals surface area contributed by atoms with Crippen molar-refractivity contribution in [3.05, 3.63) is 18.1 Å². The normalized spacial score (nSPS) is 12.5. The highest BCUT2D eigenvalue weighted by molar-refractivity contribution is 5.85. The van der Waals surface area contributed by atoms with Crippen molar-refractivity contribution in [3.63, 3.8) is 0 Å². The van der Waals surface area contributed by atoms with Gasteiger partial charge in [-0.1, -0.05) is 26.7 Å². The molecule has 0 aliphatic carbocycles. The predicted octanol–water partition coefficient (Wildman–Crippen LogP) is 2.41. The largest absolute Gasteiger partial charge is 0.476 e. The third kappa shape index (κ3) is 3.69. The summed E-state index contributed by atoms with van der Waals surface area (Å²) in [6, 6.07) is 0.253. The quantitative estimate of drug-likeness (QED) is 0.794. The van der Waals surface area contributed by atoms with Gasteiger partial charge in [-0.2, -0.15) is 0 Å². The van der Waals surface area contributed by atoms with Crippen LogP contribution in [0.5, 0.6) is 0 Å². The maximum Gasteiger partial charge on any atom is 0.356 e. The molecule has 0 aliphatic rings. The highest BCUT2D eigenvalue weighted by atomic mass is 16.4. The summed E-state index contributed by atoms with van der Waals surface area (Å²) >= 11 is 0. The van der Waals surface area contributed by atoms with Crippen LogP contribution in [-0.4, -0.2) is 27.1 Å². The Morgan fingerprint density at radius 1 is 1.41 bits per heavy atom. The third-order valence-electron chi connectivity index (χ3n) is 2.99. The molecule has 1 atom stereocenters. The number of rotatable bonds is 6. The van der Waals surface area contributed by atoms with E-state index in [9.17, 15) is 4.79 Å². The summed E-state index contributed by atoms with van der Waals surface area (Å²) in [5.41, 5.74) is -0.0354. The first-order valence-corrected chi connectivity index (χ1v) is 5.90. The van der Waals surface area contributed by atoms with Crippen molar-refractivity contribution in [2.75, 3.05) is 5.32 Å². The highest BCUT2D eigenvalue weighted by Crippen LogP contribution is 2.16. The molecule has 1 aromatic rings. The van der Waals surface area contributed by atoms with E-state index >= 15 is 0 Å². The topological polar surface area (TPSA) is 75.1 Å². The molecule has 94 valence electrons. The number of hydrogen-bond acceptors (Lipinski definition) is 4. The van der Waals surface area contributed by atoms with Gasteiger partial charge in [0.25, 0.3) is 0 Å². The number of carbonyl (C=O) groups is 1. The van der Waals surface area contributed by atoms with Crippen molar-refractivity contribution in [2.45, 2.75) is 39.7 Å². The fourth-order valence-electron chi connectivity index (χ4n) is 1.89. The first-order valence-electron chi connectivity index (χ1n) is 5.90. The number of anilines is 1. The molecule has 0 saturated carbocycles. The maximum atomic E-state index is 10.8. The van der Waals surface area contributed by atoms with Crippen molar-refractivity contribution >= 4 is 11.8 Å². The van der Waals surface area contributed by atoms with Crippen molar-refractivity contribution in [3.8, 4) is 0 Å². The minimum atomic E-state index is -1.06. The second-order valence-electron chi connectivity index (χ2n) is 4.10. The number of nitrogens with one attached hydrogen (secondary N) is 1. The second kappa shape index (κ2) is 6.18. The summed E-state index contributed by atoms with van der Waals surface area (Å²) < 4.78 is 0. The molecule has 5 heteroatoms. The molecule has 1 rings (SSSR count). The van der Waals surface area contributed by atoms with Crippen molar-refractivity contribution in [1.29, 1.82) is 0 Å². The molecule has 1 heterocycles. The van der Waals surface area contributed by atoms with E-state index in [1.807, 2.05) is 0 Å². The minimum Gasteiger partial charge on any atom is -0.476 e. The Morgan fingerprint density at radius 2 is 2.06 bits per heavy atom. The van der Waals surface area contributed by atoms with Crippen LogP contribution in [0.3, 0.4) is 0 Å². The van der Waals surface area contributed by atoms with Gasteiger partial charge in [0, 0.05) is 6.04 Å². The van der Waals surface area contributed by atoms with Crippen molar-refractivity contribution < 1.29 is 9.90 Å². The van der Waals surface area contributed by atoms with E-state index in [1.54, 1.807) is 6.20 Å². The van der Waals surface area contributed by atoms with E-state index < -0.39 is 5.97 Å². The first-order chi connectivity index (χ1) is 8.08. The molecule has 0 aromatic carbocycles. The van der Waals surface area contributed by atoms with Crippen LogP contribution in [0, 0.1) is 5.92 Å². The van der Waals surface area contributed by atoms with Gasteiger partial charge in [-0.15, -0.1) is 0 Å². The van der Waals surface area contributed by atoms with E-state index in [0.29, 0.717) is 11.7 Å². The molecule has 0 fully saturated rings. The molecular formula is C12H19N3O2. The Morgan fingerprint density at radius 3 is 2.59 bits per heavy atom. The SMILES string of the molecule is CCC(CC)C(C)Nc1cncc(C(=O)O)n1. The maximum absolute atomic E-state index is 10.8. The molecule has 1 unspecified atom stereocenters. The van der Waals surface area contributed by atoms with Crippen molar-refractivity contribution in [2.24, 2.45) is 5.92 Å². The summed E-state index contributed by atoms with van der Waals surface area (Å²) in [4.78, 5) is 18.6. The Bertz CT molecular complexity index is 378. The van der Waals surface area contributed by atoms with E-state index in [1.165, 1.54) is 6.20 Å². The first kappa shape index (κ1) is 13.4. The lowest BCUT2D eigenvalue weighted by Gasteiger charge is -2.22. The van der Waals surface area contributed by atoms with Gasteiger partial charge in [-0.05, 0) is 12.8 Å². The number of hydrogen-bond donors (Lipinski definition) is 2. The van der Waals surface area contributed by atoms with Crippen molar-refractivity contribution in [1.82, 2.24) is 9.97 Å². The van der Waals surface area contributed by atoms with E-state index in [2.05, 4.69) is 36.1 Å². The fraction of sp³-hybridized carbons (Fsp3) is 0.583. The fourth-order valence-corrected chi connectivity index (χ4v) is 1.89. The van der Waals surface area contributed by atoms with Crippen LogP contribution in [-0.2, 0) is 0 Å². The lowest BCUT2D eigenvalue weighted by molar-refractivity contribution is 0.0690. The average Bonchev–Trinajstić information content (AvgIpc) is 2.30. The van der Waals surface area contributed by atoms with Gasteiger partial charge in [0.05, 0.1) is 12.4 Å². The molecule has 0 aliphatic heterocycles. The van der Waals surface area contributed by atoms with Crippen LogP contribution in [0.15, 0.2) is 12.4 Å². The Hall–Kier alpha value is -1.65. The number of carboxylic acids is 1. The molecular weight excluding hydrogens is 218 g/mol. The standard InChI is InChI=1S/C12H19N3O2/c1-4-9(5-2)8(3)14-11-7-13-6-10(15-11)12(16)17/h6-9H,4-5H2,1-3H3,(H,14,15)(H,16,17). The summed E-state index contributed by atoms with van der Waals surface area (Å²) in [5, 5.41) is 12.0. The summed E-state index contributed by atoms with van der Waals surface area (Å²) in [7, 11) is 0. The predicted molar refractivity (Wildman–Crippen MR) is 66.1 cm³/mol. The van der Waals surface area contributed by atoms with Gasteiger partial charge in [0.2, 0.25) is 0 Å². The van der Waals surface area contributed by atoms with Crippen LogP contribution in [0.25, 0.3) is 0 Å². The van der Waals surface area contributed by atoms with Gasteiger partial charge >= 0.3 is 5.97 Å². The Labute approximate surface area is 101 Å². The Balaban J connectivity index is 2.74. The molecule has 1 aromatic heterocycles. The lowest BCUT2D eigenvalue weighted by Crippen LogP contribution is -2.25. The van der Waals surface area contributed by atoms with Crippen LogP contribution in [0.1, 0.15) is 44.1 Å². The van der Waals surface area contributed by atoms with Gasteiger partial charge in [-0.3, -0.25) is 4.98 Å². The number of carboxylic acid groups (broad SMARTS) is 1. The van der Waals surface area contributed by atoms with E-state index in [-0.39, 0.29) is 11.7 Å². The average molecular weight is 237 g/mol. The second-order valence-corrected chi connectivity index (χ2v) is 4.10. The van der Waals surface area contributed by atoms with Gasteiger partial charge < -0.3 is 10.4 Å². The number of aromatic carboxylic acids is 1. The molecule has 0 radical (unpaired) electrons. The molecule has 2 N–H and O–H groups in total. The molecule has 0 bridgehead atoms. The molecule has 5 nitrogen and oxygen atoms in total. The van der Waals surface area contributed by atoms with E-state index in [4.69, 9.17) is 5.11 Å². The zero-order chi connectivity index (χ0) is 12.8. The zero-order valence-corrected chi connectivity index (χ0v) is 10.5. The third-order valence-corrected chi connectivity index (χ3v) is 2.99. The Kier molecular flexibility index (Phi) is 4.87. The summed E-state index contributed by atoms with van der Waals surface area (Å²) in [5.74, 6) is 0.00548. The minimum absolute atomic E-state index is 0.0354. The molecule has 0 spiro atoms. The van der Waals surface area contributed by atoms with Crippen LogP contribution in [0.2, 0.25) is 0 Å². The molecule has 0 amide bonds. The summed E-state index contributed by atoms with van der Waals surface area (Å²) in [6.45, 7) is 6.37. The van der Waals surface area contributed by atoms with Gasteiger partial charge in [0.15, 0.2) is 5.69 Å². The van der Waals surface area contributed by atoms with Gasteiger partial charge in [0.1, 0.15) is 5.82 Å². The van der Waals surface area contributed by atoms with Crippen LogP contribution >= 0.6 is 0 Å². The van der Waals surface area contributed by atoms with Crippen LogP contribution in [0.4, 0.5) is 5.82 Å². The zero-order valence-electron chi connectivity index (χ0n) is 10.5. The highest BCUT2D eigenvalue weighted by Gasteiger charge is 2.14. The van der Waals surface area contributed by atoms with Crippen LogP contribution < -0.4 is 5.32 Å². The van der Waals surface area contributed by atoms with E-state index in [0.717, 1.165) is 12.8 Å². The monoisotopic (exact) mass is 237 g/mol. The lowest BCUT2D eigenvalue weighted by atomic mass is 9.96. The van der Waals surface area contributed by atoms with Gasteiger partial charge in [-0.25, -0.2) is 9.78 Å². The smallest absolute Gasteiger partial charge is 0.356 e. The number of nitrogens with zero attached hydrogens (tertiary/aromatic N) is 2. The molecule has 17 heavy (non-hydrogen) atoms. The molecule has 0 saturated heterocycles.